The van der Waals surface area contributed by atoms with E-state index >= 15 is 0 Å². The van der Waals surface area contributed by atoms with Crippen LogP contribution in [0.4, 0.5) is 0 Å². The largest absolute Gasteiger partial charge is 0.438 e. The summed E-state index contributed by atoms with van der Waals surface area (Å²) in [5, 5.41) is 13.9. The number of aryl methyl sites for hydroxylation is 1. The van der Waals surface area contributed by atoms with E-state index in [1.165, 1.54) is 12.8 Å². The molecule has 0 saturated heterocycles. The van der Waals surface area contributed by atoms with Crippen molar-refractivity contribution in [3.05, 3.63) is 53.5 Å². The van der Waals surface area contributed by atoms with E-state index in [0.29, 0.717) is 35.4 Å². The molecule has 2 heterocycles. The van der Waals surface area contributed by atoms with Gasteiger partial charge in [-0.1, -0.05) is 0 Å². The summed E-state index contributed by atoms with van der Waals surface area (Å²) in [7, 11) is 1.86. The molecule has 2 aromatic heterocycles. The molecule has 0 radical (unpaired) electrons. The summed E-state index contributed by atoms with van der Waals surface area (Å²) < 4.78 is 7.88. The molecule has 0 spiro atoms. The van der Waals surface area contributed by atoms with E-state index < -0.39 is 0 Å². The van der Waals surface area contributed by atoms with Gasteiger partial charge in [-0.15, -0.1) is 0 Å². The number of ether oxygens (including phenoxy) is 1. The molecular weight excluding hydrogens is 364 g/mol. The molecule has 1 saturated carbocycles. The normalized spacial score (nSPS) is 13.9. The monoisotopic (exact) mass is 388 g/mol. The molecular formula is C22H24N6O. The number of hydrogen-bond donors (Lipinski definition) is 1. The van der Waals surface area contributed by atoms with Crippen molar-refractivity contribution in [1.29, 1.82) is 5.26 Å². The third kappa shape index (κ3) is 4.44. The standard InChI is InChI=1S/C22H24N6O/c1-22(2,24)10-15-12-25-21(26-13-15)17-7-4-14(11-23)8-19(17)29-20-9-18(16-5-6-16)27-28(20)3/h4,7-9,12-13,16H,5-6,10,24H2,1-3H3. The second-order valence-corrected chi connectivity index (χ2v) is 8.31. The molecule has 0 bridgehead atoms. The van der Waals surface area contributed by atoms with Crippen LogP contribution in [0.25, 0.3) is 11.4 Å². The summed E-state index contributed by atoms with van der Waals surface area (Å²) >= 11 is 0. The van der Waals surface area contributed by atoms with Crippen LogP contribution in [-0.2, 0) is 13.5 Å². The van der Waals surface area contributed by atoms with Gasteiger partial charge in [0.05, 0.1) is 22.9 Å². The molecule has 0 unspecified atom stereocenters. The minimum absolute atomic E-state index is 0.327. The Morgan fingerprint density at radius 1 is 1.24 bits per heavy atom. The molecule has 1 aromatic carbocycles. The van der Waals surface area contributed by atoms with Gasteiger partial charge in [0.15, 0.2) is 5.82 Å². The number of nitriles is 1. The molecule has 7 heteroatoms. The van der Waals surface area contributed by atoms with E-state index in [9.17, 15) is 5.26 Å². The van der Waals surface area contributed by atoms with Gasteiger partial charge in [0.25, 0.3) is 0 Å². The zero-order valence-corrected chi connectivity index (χ0v) is 16.9. The Bertz CT molecular complexity index is 1070. The zero-order chi connectivity index (χ0) is 20.6. The Morgan fingerprint density at radius 2 is 1.97 bits per heavy atom. The summed E-state index contributed by atoms with van der Waals surface area (Å²) in [5.74, 6) is 2.23. The molecule has 148 valence electrons. The fourth-order valence-corrected chi connectivity index (χ4v) is 3.23. The van der Waals surface area contributed by atoms with Gasteiger partial charge >= 0.3 is 0 Å². The zero-order valence-electron chi connectivity index (χ0n) is 16.9. The van der Waals surface area contributed by atoms with Crippen molar-refractivity contribution in [3.8, 4) is 29.1 Å². The molecule has 1 aliphatic rings. The summed E-state index contributed by atoms with van der Waals surface area (Å²) in [6.07, 6.45) is 6.60. The Labute approximate surface area is 170 Å². The molecule has 4 rings (SSSR count). The molecule has 29 heavy (non-hydrogen) atoms. The number of benzene rings is 1. The van der Waals surface area contributed by atoms with Crippen molar-refractivity contribution in [2.75, 3.05) is 0 Å². The summed E-state index contributed by atoms with van der Waals surface area (Å²) in [6.45, 7) is 3.94. The lowest BCUT2D eigenvalue weighted by Crippen LogP contribution is -2.34. The highest BCUT2D eigenvalue weighted by atomic mass is 16.5. The molecule has 1 fully saturated rings. The Morgan fingerprint density at radius 3 is 2.59 bits per heavy atom. The van der Waals surface area contributed by atoms with Crippen molar-refractivity contribution >= 4 is 0 Å². The first-order chi connectivity index (χ1) is 13.8. The predicted octanol–water partition coefficient (Wildman–Crippen LogP) is 3.70. The Balaban J connectivity index is 1.66. The third-order valence-corrected chi connectivity index (χ3v) is 4.78. The van der Waals surface area contributed by atoms with E-state index in [-0.39, 0.29) is 5.54 Å². The molecule has 0 atom stereocenters. The van der Waals surface area contributed by atoms with E-state index in [4.69, 9.17) is 10.5 Å². The average Bonchev–Trinajstić information content (AvgIpc) is 3.46. The summed E-state index contributed by atoms with van der Waals surface area (Å²) in [4.78, 5) is 9.01. The number of rotatable bonds is 6. The lowest BCUT2D eigenvalue weighted by atomic mass is 9.98. The van der Waals surface area contributed by atoms with Crippen molar-refractivity contribution in [1.82, 2.24) is 19.7 Å². The summed E-state index contributed by atoms with van der Waals surface area (Å²) in [6, 6.07) is 9.38. The van der Waals surface area contributed by atoms with Gasteiger partial charge in [0.2, 0.25) is 5.88 Å². The van der Waals surface area contributed by atoms with Crippen molar-refractivity contribution in [2.24, 2.45) is 12.8 Å². The van der Waals surface area contributed by atoms with E-state index in [1.807, 2.05) is 33.0 Å². The van der Waals surface area contributed by atoms with Crippen LogP contribution in [0.3, 0.4) is 0 Å². The second kappa shape index (κ2) is 7.30. The van der Waals surface area contributed by atoms with Crippen LogP contribution in [-0.4, -0.2) is 25.3 Å². The summed E-state index contributed by atoms with van der Waals surface area (Å²) in [5.41, 5.74) is 9.00. The first-order valence-corrected chi connectivity index (χ1v) is 9.68. The van der Waals surface area contributed by atoms with Crippen LogP contribution < -0.4 is 10.5 Å². The maximum Gasteiger partial charge on any atom is 0.217 e. The molecule has 2 N–H and O–H groups in total. The maximum absolute atomic E-state index is 9.31. The first-order valence-electron chi connectivity index (χ1n) is 9.68. The quantitative estimate of drug-likeness (QED) is 0.691. The van der Waals surface area contributed by atoms with Gasteiger partial charge in [-0.3, -0.25) is 0 Å². The van der Waals surface area contributed by atoms with E-state index in [0.717, 1.165) is 16.8 Å². The van der Waals surface area contributed by atoms with Gasteiger partial charge in [-0.05, 0) is 56.9 Å². The topological polar surface area (TPSA) is 103 Å². The van der Waals surface area contributed by atoms with E-state index in [1.54, 1.807) is 29.2 Å². The van der Waals surface area contributed by atoms with Crippen LogP contribution >= 0.6 is 0 Å². The maximum atomic E-state index is 9.31. The minimum Gasteiger partial charge on any atom is -0.438 e. The van der Waals surface area contributed by atoms with Crippen LogP contribution in [0.1, 0.15) is 49.4 Å². The van der Waals surface area contributed by atoms with Gasteiger partial charge in [-0.2, -0.15) is 10.4 Å². The minimum atomic E-state index is -0.327. The molecule has 1 aliphatic carbocycles. The predicted molar refractivity (Wildman–Crippen MR) is 109 cm³/mol. The van der Waals surface area contributed by atoms with Crippen LogP contribution in [0.2, 0.25) is 0 Å². The van der Waals surface area contributed by atoms with Gasteiger partial charge in [-0.25, -0.2) is 14.6 Å². The SMILES string of the molecule is Cn1nc(C2CC2)cc1Oc1cc(C#N)ccc1-c1ncc(CC(C)(C)N)cn1. The van der Waals surface area contributed by atoms with Gasteiger partial charge < -0.3 is 10.5 Å². The Hall–Kier alpha value is -3.24. The van der Waals surface area contributed by atoms with Gasteiger partial charge in [0, 0.05) is 37.0 Å². The van der Waals surface area contributed by atoms with Crippen molar-refractivity contribution in [2.45, 2.75) is 44.6 Å². The van der Waals surface area contributed by atoms with Crippen LogP contribution in [0, 0.1) is 11.3 Å². The number of nitrogens with zero attached hydrogens (tertiary/aromatic N) is 5. The molecule has 0 amide bonds. The highest BCUT2D eigenvalue weighted by Crippen LogP contribution is 2.41. The van der Waals surface area contributed by atoms with Crippen molar-refractivity contribution in [3.63, 3.8) is 0 Å². The number of nitrogens with two attached hydrogens (primary N) is 1. The highest BCUT2D eigenvalue weighted by molar-refractivity contribution is 5.66. The van der Waals surface area contributed by atoms with Crippen LogP contribution in [0.5, 0.6) is 11.6 Å². The highest BCUT2D eigenvalue weighted by Gasteiger charge is 2.27. The number of hydrogen-bond acceptors (Lipinski definition) is 6. The van der Waals surface area contributed by atoms with Crippen LogP contribution in [0.15, 0.2) is 36.7 Å². The number of aromatic nitrogens is 4. The fraction of sp³-hybridized carbons (Fsp3) is 0.364. The third-order valence-electron chi connectivity index (χ3n) is 4.78. The Kier molecular flexibility index (Phi) is 4.81. The fourth-order valence-electron chi connectivity index (χ4n) is 3.23. The second-order valence-electron chi connectivity index (χ2n) is 8.31. The van der Waals surface area contributed by atoms with Crippen molar-refractivity contribution < 1.29 is 4.74 Å². The smallest absolute Gasteiger partial charge is 0.217 e. The first kappa shape index (κ1) is 19.1. The molecule has 3 aromatic rings. The van der Waals surface area contributed by atoms with Gasteiger partial charge in [0.1, 0.15) is 5.75 Å². The molecule has 0 aliphatic heterocycles. The average molecular weight is 388 g/mol. The van der Waals surface area contributed by atoms with E-state index in [2.05, 4.69) is 21.1 Å². The molecule has 7 nitrogen and oxygen atoms in total. The lowest BCUT2D eigenvalue weighted by Gasteiger charge is -2.18. The lowest BCUT2D eigenvalue weighted by molar-refractivity contribution is 0.431.